The standard InChI is InChI=1S/C15H18N6O2S/c1-19-10-14(8-17-19)24(22,23)20-6-4-12(5-7-20)13-2-3-15-16-11-18-21(15)9-13/h2-3,8-12H,4-7H2,1H3. The molecule has 1 aliphatic heterocycles. The van der Waals surface area contributed by atoms with Gasteiger partial charge in [0, 0.05) is 32.5 Å². The van der Waals surface area contributed by atoms with E-state index in [1.165, 1.54) is 22.8 Å². The Morgan fingerprint density at radius 2 is 1.92 bits per heavy atom. The van der Waals surface area contributed by atoms with E-state index in [1.54, 1.807) is 22.1 Å². The second-order valence-corrected chi connectivity index (χ2v) is 7.99. The molecule has 0 atom stereocenters. The topological polar surface area (TPSA) is 85.4 Å². The molecule has 3 aromatic heterocycles. The van der Waals surface area contributed by atoms with Crippen LogP contribution in [0.5, 0.6) is 0 Å². The van der Waals surface area contributed by atoms with Crippen LogP contribution < -0.4 is 0 Å². The van der Waals surface area contributed by atoms with Crippen molar-refractivity contribution in [2.24, 2.45) is 7.05 Å². The van der Waals surface area contributed by atoms with E-state index in [2.05, 4.69) is 21.2 Å². The highest BCUT2D eigenvalue weighted by atomic mass is 32.2. The first-order valence-corrected chi connectivity index (χ1v) is 9.26. The van der Waals surface area contributed by atoms with E-state index in [9.17, 15) is 8.42 Å². The average molecular weight is 346 g/mol. The van der Waals surface area contributed by atoms with Crippen LogP contribution >= 0.6 is 0 Å². The Hall–Kier alpha value is -2.26. The van der Waals surface area contributed by atoms with Gasteiger partial charge < -0.3 is 0 Å². The molecule has 0 saturated carbocycles. The largest absolute Gasteiger partial charge is 0.274 e. The highest BCUT2D eigenvalue weighted by molar-refractivity contribution is 7.89. The molecule has 0 unspecified atom stereocenters. The maximum Gasteiger partial charge on any atom is 0.246 e. The number of nitrogens with zero attached hydrogens (tertiary/aromatic N) is 6. The number of pyridine rings is 1. The molecular weight excluding hydrogens is 328 g/mol. The summed E-state index contributed by atoms with van der Waals surface area (Å²) in [4.78, 5) is 4.40. The molecule has 9 heteroatoms. The first-order chi connectivity index (χ1) is 11.5. The lowest BCUT2D eigenvalue weighted by molar-refractivity contribution is 0.319. The maximum absolute atomic E-state index is 12.6. The Morgan fingerprint density at radius 1 is 1.12 bits per heavy atom. The molecule has 0 amide bonds. The van der Waals surface area contributed by atoms with Crippen molar-refractivity contribution in [3.8, 4) is 0 Å². The lowest BCUT2D eigenvalue weighted by Crippen LogP contribution is -2.37. The van der Waals surface area contributed by atoms with Gasteiger partial charge in [-0.15, -0.1) is 0 Å². The Labute approximate surface area is 139 Å². The van der Waals surface area contributed by atoms with Crippen LogP contribution in [0.4, 0.5) is 0 Å². The van der Waals surface area contributed by atoms with Crippen LogP contribution in [-0.2, 0) is 17.1 Å². The first-order valence-electron chi connectivity index (χ1n) is 7.82. The van der Waals surface area contributed by atoms with Gasteiger partial charge in [-0.3, -0.25) is 4.68 Å². The molecule has 0 bridgehead atoms. The summed E-state index contributed by atoms with van der Waals surface area (Å²) in [5.41, 5.74) is 1.99. The zero-order valence-electron chi connectivity index (χ0n) is 13.3. The van der Waals surface area contributed by atoms with Crippen molar-refractivity contribution in [3.05, 3.63) is 42.6 Å². The van der Waals surface area contributed by atoms with Gasteiger partial charge in [-0.05, 0) is 30.4 Å². The van der Waals surface area contributed by atoms with Gasteiger partial charge in [0.25, 0.3) is 0 Å². The van der Waals surface area contributed by atoms with E-state index in [0.717, 1.165) is 18.5 Å². The van der Waals surface area contributed by atoms with Crippen LogP contribution in [0.1, 0.15) is 24.3 Å². The molecule has 3 aromatic rings. The van der Waals surface area contributed by atoms with Crippen molar-refractivity contribution < 1.29 is 8.42 Å². The maximum atomic E-state index is 12.6. The Morgan fingerprint density at radius 3 is 2.62 bits per heavy atom. The third-order valence-electron chi connectivity index (χ3n) is 4.54. The molecule has 24 heavy (non-hydrogen) atoms. The summed E-state index contributed by atoms with van der Waals surface area (Å²) in [6.45, 7) is 1.02. The average Bonchev–Trinajstić information content (AvgIpc) is 3.23. The number of rotatable bonds is 3. The highest BCUT2D eigenvalue weighted by Gasteiger charge is 2.30. The van der Waals surface area contributed by atoms with E-state index in [0.29, 0.717) is 19.0 Å². The summed E-state index contributed by atoms with van der Waals surface area (Å²) in [5, 5.41) is 8.12. The quantitative estimate of drug-likeness (QED) is 0.707. The van der Waals surface area contributed by atoms with Gasteiger partial charge in [-0.1, -0.05) is 6.07 Å². The molecule has 0 aromatic carbocycles. The lowest BCUT2D eigenvalue weighted by atomic mass is 9.91. The first kappa shape index (κ1) is 15.3. The molecule has 0 radical (unpaired) electrons. The fourth-order valence-corrected chi connectivity index (χ4v) is 4.64. The number of piperidine rings is 1. The zero-order valence-corrected chi connectivity index (χ0v) is 14.1. The Balaban J connectivity index is 1.50. The molecule has 4 heterocycles. The van der Waals surface area contributed by atoms with Crippen molar-refractivity contribution >= 4 is 15.7 Å². The van der Waals surface area contributed by atoms with Crippen LogP contribution in [0.25, 0.3) is 5.65 Å². The van der Waals surface area contributed by atoms with Crippen LogP contribution in [0.2, 0.25) is 0 Å². The smallest absolute Gasteiger partial charge is 0.246 e. The number of hydrogen-bond acceptors (Lipinski definition) is 5. The molecule has 0 spiro atoms. The lowest BCUT2D eigenvalue weighted by Gasteiger charge is -2.31. The molecule has 1 aliphatic rings. The third kappa shape index (κ3) is 2.59. The van der Waals surface area contributed by atoms with E-state index >= 15 is 0 Å². The summed E-state index contributed by atoms with van der Waals surface area (Å²) in [6, 6.07) is 4.00. The van der Waals surface area contributed by atoms with Gasteiger partial charge in [-0.25, -0.2) is 17.9 Å². The highest BCUT2D eigenvalue weighted by Crippen LogP contribution is 2.30. The van der Waals surface area contributed by atoms with Crippen LogP contribution in [0.15, 0.2) is 41.9 Å². The van der Waals surface area contributed by atoms with E-state index in [-0.39, 0.29) is 4.90 Å². The molecule has 1 saturated heterocycles. The van der Waals surface area contributed by atoms with Gasteiger partial charge in [-0.2, -0.15) is 14.5 Å². The van der Waals surface area contributed by atoms with Gasteiger partial charge >= 0.3 is 0 Å². The number of aryl methyl sites for hydroxylation is 1. The van der Waals surface area contributed by atoms with Crippen LogP contribution in [0.3, 0.4) is 0 Å². The second-order valence-electron chi connectivity index (χ2n) is 6.05. The molecule has 8 nitrogen and oxygen atoms in total. The zero-order chi connectivity index (χ0) is 16.7. The van der Waals surface area contributed by atoms with E-state index in [4.69, 9.17) is 0 Å². The predicted octanol–water partition coefficient (Wildman–Crippen LogP) is 1.03. The molecular formula is C15H18N6O2S. The summed E-state index contributed by atoms with van der Waals surface area (Å²) in [7, 11) is -1.74. The minimum atomic E-state index is -3.45. The summed E-state index contributed by atoms with van der Waals surface area (Å²) < 4.78 is 30.1. The van der Waals surface area contributed by atoms with Crippen molar-refractivity contribution in [3.63, 3.8) is 0 Å². The van der Waals surface area contributed by atoms with Crippen LogP contribution in [0, 0.1) is 0 Å². The minimum absolute atomic E-state index is 0.257. The van der Waals surface area contributed by atoms with Crippen molar-refractivity contribution in [1.82, 2.24) is 28.7 Å². The molecule has 0 N–H and O–H groups in total. The number of aromatic nitrogens is 5. The Kier molecular flexibility index (Phi) is 3.61. The monoisotopic (exact) mass is 346 g/mol. The minimum Gasteiger partial charge on any atom is -0.274 e. The number of hydrogen-bond donors (Lipinski definition) is 0. The molecule has 126 valence electrons. The normalized spacial score (nSPS) is 17.5. The van der Waals surface area contributed by atoms with Crippen molar-refractivity contribution in [2.75, 3.05) is 13.1 Å². The van der Waals surface area contributed by atoms with Gasteiger partial charge in [0.2, 0.25) is 10.0 Å². The molecule has 1 fully saturated rings. The van der Waals surface area contributed by atoms with Crippen LogP contribution in [-0.4, -0.2) is 50.2 Å². The number of sulfonamides is 1. The van der Waals surface area contributed by atoms with Crippen molar-refractivity contribution in [2.45, 2.75) is 23.7 Å². The summed E-state index contributed by atoms with van der Waals surface area (Å²) in [5.74, 6) is 0.332. The SMILES string of the molecule is Cn1cc(S(=O)(=O)N2CCC(c3ccc4ncnn4c3)CC2)cn1. The van der Waals surface area contributed by atoms with Gasteiger partial charge in [0.1, 0.15) is 11.2 Å². The number of fused-ring (bicyclic) bond motifs is 1. The van der Waals surface area contributed by atoms with E-state index < -0.39 is 10.0 Å². The summed E-state index contributed by atoms with van der Waals surface area (Å²) >= 11 is 0. The van der Waals surface area contributed by atoms with Gasteiger partial charge in [0.15, 0.2) is 5.65 Å². The fraction of sp³-hybridized carbons (Fsp3) is 0.400. The fourth-order valence-electron chi connectivity index (χ4n) is 3.18. The second kappa shape index (κ2) is 5.67. The van der Waals surface area contributed by atoms with Gasteiger partial charge in [0.05, 0.1) is 6.20 Å². The summed E-state index contributed by atoms with van der Waals surface area (Å²) in [6.07, 6.45) is 8.04. The van der Waals surface area contributed by atoms with E-state index in [1.807, 2.05) is 12.3 Å². The molecule has 4 rings (SSSR count). The van der Waals surface area contributed by atoms with Crippen molar-refractivity contribution in [1.29, 1.82) is 0 Å². The Bertz CT molecular complexity index is 969. The predicted molar refractivity (Wildman–Crippen MR) is 86.9 cm³/mol. The molecule has 0 aliphatic carbocycles. The third-order valence-corrected chi connectivity index (χ3v) is 6.39.